The predicted molar refractivity (Wildman–Crippen MR) is 59.6 cm³/mol. The molecule has 0 aromatic heterocycles. The van der Waals surface area contributed by atoms with E-state index in [1.165, 1.54) is 0 Å². The summed E-state index contributed by atoms with van der Waals surface area (Å²) >= 11 is 0. The minimum atomic E-state index is 0.0167. The van der Waals surface area contributed by atoms with Gasteiger partial charge in [0.15, 0.2) is 5.78 Å². The molecule has 0 fully saturated rings. The van der Waals surface area contributed by atoms with Gasteiger partial charge in [0.1, 0.15) is 12.3 Å². The standard InChI is InChI=1S/C12H15NO2/c1-3-12(14)10(2)13-15-9-11-7-5-4-6-8-11/h4-8H,3,9H2,1-2H3/b13-10+. The number of ketones is 1. The molecule has 3 nitrogen and oxygen atoms in total. The summed E-state index contributed by atoms with van der Waals surface area (Å²) in [4.78, 5) is 16.2. The summed E-state index contributed by atoms with van der Waals surface area (Å²) in [5.74, 6) is 0.0167. The Hall–Kier alpha value is -1.64. The van der Waals surface area contributed by atoms with Crippen molar-refractivity contribution in [1.29, 1.82) is 0 Å². The van der Waals surface area contributed by atoms with Crippen molar-refractivity contribution in [3.05, 3.63) is 35.9 Å². The first kappa shape index (κ1) is 11.4. The number of Topliss-reactive ketones (excluding diaryl/α,β-unsaturated/α-hetero) is 1. The van der Waals surface area contributed by atoms with Gasteiger partial charge in [-0.2, -0.15) is 0 Å². The zero-order valence-electron chi connectivity index (χ0n) is 9.06. The summed E-state index contributed by atoms with van der Waals surface area (Å²) in [6.45, 7) is 3.87. The molecule has 0 spiro atoms. The van der Waals surface area contributed by atoms with Gasteiger partial charge in [-0.1, -0.05) is 42.4 Å². The Morgan fingerprint density at radius 1 is 1.33 bits per heavy atom. The van der Waals surface area contributed by atoms with E-state index in [2.05, 4.69) is 5.16 Å². The van der Waals surface area contributed by atoms with Crippen LogP contribution in [0.3, 0.4) is 0 Å². The zero-order valence-corrected chi connectivity index (χ0v) is 9.06. The molecule has 0 bridgehead atoms. The number of nitrogens with zero attached hydrogens (tertiary/aromatic N) is 1. The highest BCUT2D eigenvalue weighted by atomic mass is 16.6. The van der Waals surface area contributed by atoms with E-state index in [1.54, 1.807) is 13.8 Å². The molecule has 0 radical (unpaired) electrons. The van der Waals surface area contributed by atoms with Crippen LogP contribution < -0.4 is 0 Å². The Kier molecular flexibility index (Phi) is 4.54. The smallest absolute Gasteiger partial charge is 0.179 e. The van der Waals surface area contributed by atoms with Crippen molar-refractivity contribution in [2.45, 2.75) is 26.9 Å². The Morgan fingerprint density at radius 3 is 2.60 bits per heavy atom. The molecule has 0 heterocycles. The van der Waals surface area contributed by atoms with Gasteiger partial charge in [-0.15, -0.1) is 0 Å². The second-order valence-electron chi connectivity index (χ2n) is 3.21. The van der Waals surface area contributed by atoms with E-state index in [0.29, 0.717) is 18.7 Å². The zero-order chi connectivity index (χ0) is 11.1. The van der Waals surface area contributed by atoms with Gasteiger partial charge in [-0.25, -0.2) is 0 Å². The Bertz CT molecular complexity index is 344. The first-order valence-electron chi connectivity index (χ1n) is 4.97. The van der Waals surface area contributed by atoms with E-state index >= 15 is 0 Å². The third-order valence-corrected chi connectivity index (χ3v) is 2.00. The summed E-state index contributed by atoms with van der Waals surface area (Å²) in [5, 5.41) is 3.76. The molecule has 0 aliphatic carbocycles. The van der Waals surface area contributed by atoms with Crippen LogP contribution in [0.1, 0.15) is 25.8 Å². The van der Waals surface area contributed by atoms with Crippen molar-refractivity contribution in [2.24, 2.45) is 5.16 Å². The van der Waals surface area contributed by atoms with Crippen LogP contribution >= 0.6 is 0 Å². The highest BCUT2D eigenvalue weighted by molar-refractivity contribution is 6.38. The third kappa shape index (κ3) is 3.94. The van der Waals surface area contributed by atoms with Crippen molar-refractivity contribution in [1.82, 2.24) is 0 Å². The molecular formula is C12H15NO2. The lowest BCUT2D eigenvalue weighted by molar-refractivity contribution is -0.112. The number of hydrogen-bond acceptors (Lipinski definition) is 3. The summed E-state index contributed by atoms with van der Waals surface area (Å²) in [7, 11) is 0. The molecule has 1 aromatic rings. The third-order valence-electron chi connectivity index (χ3n) is 2.00. The Morgan fingerprint density at radius 2 is 2.00 bits per heavy atom. The molecule has 0 atom stereocenters. The van der Waals surface area contributed by atoms with Gasteiger partial charge in [0, 0.05) is 6.42 Å². The summed E-state index contributed by atoms with van der Waals surface area (Å²) < 4.78 is 0. The number of benzene rings is 1. The molecule has 0 unspecified atom stereocenters. The van der Waals surface area contributed by atoms with E-state index in [0.717, 1.165) is 5.56 Å². The van der Waals surface area contributed by atoms with Crippen LogP contribution in [0.15, 0.2) is 35.5 Å². The van der Waals surface area contributed by atoms with Crippen LogP contribution in [0, 0.1) is 0 Å². The van der Waals surface area contributed by atoms with E-state index < -0.39 is 0 Å². The Balaban J connectivity index is 2.42. The molecule has 0 amide bonds. The van der Waals surface area contributed by atoms with Gasteiger partial charge in [0.05, 0.1) is 0 Å². The SMILES string of the molecule is CCC(=O)/C(C)=N/OCc1ccccc1. The second-order valence-corrected chi connectivity index (χ2v) is 3.21. The first-order chi connectivity index (χ1) is 7.24. The van der Waals surface area contributed by atoms with Crippen molar-refractivity contribution in [3.8, 4) is 0 Å². The van der Waals surface area contributed by atoms with Crippen molar-refractivity contribution in [3.63, 3.8) is 0 Å². The van der Waals surface area contributed by atoms with Crippen molar-refractivity contribution < 1.29 is 9.63 Å². The molecule has 1 rings (SSSR count). The van der Waals surface area contributed by atoms with E-state index in [-0.39, 0.29) is 5.78 Å². The fourth-order valence-corrected chi connectivity index (χ4v) is 1.08. The lowest BCUT2D eigenvalue weighted by Gasteiger charge is -2.00. The molecular weight excluding hydrogens is 190 g/mol. The summed E-state index contributed by atoms with van der Waals surface area (Å²) in [6, 6.07) is 9.72. The largest absolute Gasteiger partial charge is 0.391 e. The summed E-state index contributed by atoms with van der Waals surface area (Å²) in [6.07, 6.45) is 0.462. The van der Waals surface area contributed by atoms with Crippen LogP contribution in [-0.4, -0.2) is 11.5 Å². The lowest BCUT2D eigenvalue weighted by atomic mass is 10.2. The lowest BCUT2D eigenvalue weighted by Crippen LogP contribution is -2.08. The molecule has 0 saturated carbocycles. The second kappa shape index (κ2) is 5.96. The minimum absolute atomic E-state index is 0.0167. The van der Waals surface area contributed by atoms with Gasteiger partial charge >= 0.3 is 0 Å². The first-order valence-corrected chi connectivity index (χ1v) is 4.97. The maximum atomic E-state index is 11.1. The van der Waals surface area contributed by atoms with Crippen LogP contribution in [-0.2, 0) is 16.2 Å². The van der Waals surface area contributed by atoms with Crippen LogP contribution in [0.2, 0.25) is 0 Å². The molecule has 80 valence electrons. The van der Waals surface area contributed by atoms with Crippen LogP contribution in [0.5, 0.6) is 0 Å². The number of oxime groups is 1. The van der Waals surface area contributed by atoms with Gasteiger partial charge in [0.25, 0.3) is 0 Å². The van der Waals surface area contributed by atoms with Crippen LogP contribution in [0.4, 0.5) is 0 Å². The van der Waals surface area contributed by atoms with Crippen molar-refractivity contribution in [2.75, 3.05) is 0 Å². The molecule has 0 N–H and O–H groups in total. The molecule has 15 heavy (non-hydrogen) atoms. The topological polar surface area (TPSA) is 38.7 Å². The van der Waals surface area contributed by atoms with E-state index in [9.17, 15) is 4.79 Å². The van der Waals surface area contributed by atoms with Gasteiger partial charge in [0.2, 0.25) is 0 Å². The van der Waals surface area contributed by atoms with Crippen LogP contribution in [0.25, 0.3) is 0 Å². The van der Waals surface area contributed by atoms with Gasteiger partial charge in [-0.3, -0.25) is 4.79 Å². The predicted octanol–water partition coefficient (Wildman–Crippen LogP) is 2.56. The number of carbonyl (C=O) groups is 1. The van der Waals surface area contributed by atoms with E-state index in [1.807, 2.05) is 30.3 Å². The number of hydrogen-bond donors (Lipinski definition) is 0. The quantitative estimate of drug-likeness (QED) is 0.547. The highest BCUT2D eigenvalue weighted by Gasteiger charge is 2.02. The maximum Gasteiger partial charge on any atom is 0.179 e. The molecule has 0 aliphatic heterocycles. The highest BCUT2D eigenvalue weighted by Crippen LogP contribution is 2.01. The fourth-order valence-electron chi connectivity index (χ4n) is 1.08. The number of rotatable bonds is 5. The molecule has 1 aromatic carbocycles. The normalized spacial score (nSPS) is 11.2. The van der Waals surface area contributed by atoms with Crippen molar-refractivity contribution >= 4 is 11.5 Å². The van der Waals surface area contributed by atoms with Gasteiger partial charge < -0.3 is 4.84 Å². The van der Waals surface area contributed by atoms with Gasteiger partial charge in [-0.05, 0) is 12.5 Å². The number of carbonyl (C=O) groups excluding carboxylic acids is 1. The summed E-state index contributed by atoms with van der Waals surface area (Å²) in [5.41, 5.74) is 1.46. The molecule has 0 aliphatic rings. The average Bonchev–Trinajstić information content (AvgIpc) is 2.29. The molecule has 3 heteroatoms. The minimum Gasteiger partial charge on any atom is -0.391 e. The maximum absolute atomic E-state index is 11.1. The Labute approximate surface area is 89.7 Å². The monoisotopic (exact) mass is 205 g/mol. The average molecular weight is 205 g/mol. The van der Waals surface area contributed by atoms with E-state index in [4.69, 9.17) is 4.84 Å². The fraction of sp³-hybridized carbons (Fsp3) is 0.333. The molecule has 0 saturated heterocycles.